The lowest BCUT2D eigenvalue weighted by Crippen LogP contribution is -2.15. The second-order valence-corrected chi connectivity index (χ2v) is 7.10. The Hall–Kier alpha value is -2.73. The molecule has 1 aromatic carbocycles. The molecule has 6 nitrogen and oxygen atoms in total. The van der Waals surface area contributed by atoms with Crippen LogP contribution in [0, 0.1) is 0 Å². The first kappa shape index (κ1) is 17.1. The Labute approximate surface area is 145 Å². The molecule has 4 rings (SSSR count). The first-order chi connectivity index (χ1) is 11.8. The number of carboxylic acids is 1. The maximum absolute atomic E-state index is 10.4. The van der Waals surface area contributed by atoms with Crippen LogP contribution in [0.15, 0.2) is 42.5 Å². The summed E-state index contributed by atoms with van der Waals surface area (Å²) >= 11 is 0. The van der Waals surface area contributed by atoms with Gasteiger partial charge in [-0.05, 0) is 40.3 Å². The number of nitrogens with zero attached hydrogens (tertiary/aromatic N) is 3. The third-order valence-electron chi connectivity index (χ3n) is 3.98. The van der Waals surface area contributed by atoms with Crippen LogP contribution in [0.2, 0.25) is 0 Å². The lowest BCUT2D eigenvalue weighted by Gasteiger charge is -2.16. The first-order valence-electron chi connectivity index (χ1n) is 8.12. The maximum atomic E-state index is 10.4. The van der Waals surface area contributed by atoms with Crippen molar-refractivity contribution in [1.82, 2.24) is 15.0 Å². The van der Waals surface area contributed by atoms with Gasteiger partial charge in [0.15, 0.2) is 6.23 Å². The van der Waals surface area contributed by atoms with E-state index in [1.54, 1.807) is 24.3 Å². The van der Waals surface area contributed by atoms with Crippen LogP contribution in [0.25, 0.3) is 22.2 Å². The number of rotatable bonds is 3. The average Bonchev–Trinajstić information content (AvgIpc) is 2.97. The van der Waals surface area contributed by atoms with Crippen molar-refractivity contribution in [2.45, 2.75) is 38.8 Å². The van der Waals surface area contributed by atoms with Crippen molar-refractivity contribution in [2.75, 3.05) is 0 Å². The Morgan fingerprint density at radius 2 is 1.72 bits per heavy atom. The number of carboxylic acid groups (broad SMARTS) is 1. The van der Waals surface area contributed by atoms with Gasteiger partial charge in [-0.1, -0.05) is 45.0 Å². The zero-order valence-corrected chi connectivity index (χ0v) is 14.5. The Bertz CT molecular complexity index is 892. The second-order valence-electron chi connectivity index (χ2n) is 7.10. The summed E-state index contributed by atoms with van der Waals surface area (Å²) in [4.78, 5) is 11.4. The third-order valence-corrected chi connectivity index (χ3v) is 3.98. The van der Waals surface area contributed by atoms with E-state index in [0.717, 1.165) is 4.80 Å². The lowest BCUT2D eigenvalue weighted by molar-refractivity contribution is -0.141. The Morgan fingerprint density at radius 1 is 1.12 bits per heavy atom. The highest BCUT2D eigenvalue weighted by atomic mass is 16.4. The van der Waals surface area contributed by atoms with Gasteiger partial charge in [0, 0.05) is 0 Å². The molecule has 2 aliphatic carbocycles. The molecule has 2 aliphatic rings. The van der Waals surface area contributed by atoms with Gasteiger partial charge >= 0.3 is 5.97 Å². The zero-order valence-electron chi connectivity index (χ0n) is 14.5. The Balaban J connectivity index is 0.000000157. The summed E-state index contributed by atoms with van der Waals surface area (Å²) in [6.45, 7) is 6.78. The topological polar surface area (TPSA) is 88.2 Å². The second kappa shape index (κ2) is 6.29. The number of aliphatic hydroxyl groups is 1. The van der Waals surface area contributed by atoms with Crippen molar-refractivity contribution >= 4 is 17.0 Å². The summed E-state index contributed by atoms with van der Waals surface area (Å²) in [7, 11) is 0. The largest absolute Gasteiger partial charge is 0.481 e. The lowest BCUT2D eigenvalue weighted by atomic mass is 9.88. The van der Waals surface area contributed by atoms with Crippen molar-refractivity contribution in [3.05, 3.63) is 48.0 Å². The summed E-state index contributed by atoms with van der Waals surface area (Å²) < 4.78 is 0. The zero-order chi connectivity index (χ0) is 18.2. The van der Waals surface area contributed by atoms with Crippen LogP contribution in [0.3, 0.4) is 0 Å². The van der Waals surface area contributed by atoms with Gasteiger partial charge < -0.3 is 10.2 Å². The molecule has 1 aromatic heterocycles. The molecule has 1 unspecified atom stereocenters. The summed E-state index contributed by atoms with van der Waals surface area (Å²) in [5.74, 6) is -1.09. The molecule has 1 heterocycles. The molecule has 0 fully saturated rings. The number of benzene rings is 2. The summed E-state index contributed by atoms with van der Waals surface area (Å²) in [5, 5.41) is 25.9. The standard InChI is InChI=1S/C10H12.C9H9N3O3/c1-10(2,3)9-5-4-7-6-8(7)9;13-8(5-9(14)15)12-10-6-3-1-2-4-7(6)11-12/h4-6H,1-3H3;1-4,8,13H,5H2,(H,14,15). The van der Waals surface area contributed by atoms with Gasteiger partial charge in [0.05, 0.1) is 6.42 Å². The molecule has 1 atom stereocenters. The van der Waals surface area contributed by atoms with Crippen LogP contribution in [-0.2, 0) is 10.2 Å². The molecule has 130 valence electrons. The van der Waals surface area contributed by atoms with Gasteiger partial charge in [-0.3, -0.25) is 4.79 Å². The van der Waals surface area contributed by atoms with E-state index in [0.29, 0.717) is 16.4 Å². The van der Waals surface area contributed by atoms with E-state index in [-0.39, 0.29) is 0 Å². The van der Waals surface area contributed by atoms with Gasteiger partial charge in [-0.15, -0.1) is 0 Å². The first-order valence-corrected chi connectivity index (χ1v) is 8.12. The fourth-order valence-corrected chi connectivity index (χ4v) is 2.65. The number of aliphatic hydroxyl groups excluding tert-OH is 1. The van der Waals surface area contributed by atoms with Crippen molar-refractivity contribution < 1.29 is 15.0 Å². The van der Waals surface area contributed by atoms with E-state index in [1.165, 1.54) is 16.7 Å². The number of carbonyl (C=O) groups is 1. The number of hydrogen-bond acceptors (Lipinski definition) is 4. The van der Waals surface area contributed by atoms with Gasteiger partial charge in [-0.25, -0.2) is 0 Å². The molecular weight excluding hydrogens is 318 g/mol. The molecule has 0 radical (unpaired) electrons. The Kier molecular flexibility index (Phi) is 4.30. The SMILES string of the molecule is CC(C)(C)c1ccc2cc1-2.O=C(O)CC(O)n1nc2ccccc2n1. The van der Waals surface area contributed by atoms with Crippen LogP contribution in [0.5, 0.6) is 0 Å². The normalized spacial score (nSPS) is 13.1. The monoisotopic (exact) mass is 339 g/mol. The molecule has 6 heteroatoms. The number of hydrogen-bond donors (Lipinski definition) is 2. The number of aliphatic carboxylic acids is 1. The van der Waals surface area contributed by atoms with Crippen LogP contribution >= 0.6 is 0 Å². The van der Waals surface area contributed by atoms with Crippen LogP contribution < -0.4 is 0 Å². The molecule has 0 aliphatic heterocycles. The molecule has 25 heavy (non-hydrogen) atoms. The fraction of sp³-hybridized carbons (Fsp3) is 0.316. The molecular formula is C19H21N3O3. The van der Waals surface area contributed by atoms with Gasteiger partial charge in [0.2, 0.25) is 0 Å². The minimum Gasteiger partial charge on any atom is -0.481 e. The van der Waals surface area contributed by atoms with Crippen molar-refractivity contribution in [1.29, 1.82) is 0 Å². The van der Waals surface area contributed by atoms with Crippen LogP contribution in [0.1, 0.15) is 39.0 Å². The molecule has 0 amide bonds. The maximum Gasteiger partial charge on any atom is 0.308 e. The fourth-order valence-electron chi connectivity index (χ4n) is 2.65. The minimum atomic E-state index is -1.23. The molecule has 0 bridgehead atoms. The van der Waals surface area contributed by atoms with E-state index in [1.807, 2.05) is 0 Å². The summed E-state index contributed by atoms with van der Waals surface area (Å²) in [5.41, 5.74) is 6.03. The van der Waals surface area contributed by atoms with Crippen molar-refractivity contribution in [3.63, 3.8) is 0 Å². The van der Waals surface area contributed by atoms with E-state index in [2.05, 4.69) is 49.2 Å². The Morgan fingerprint density at radius 3 is 2.08 bits per heavy atom. The van der Waals surface area contributed by atoms with Gasteiger partial charge in [-0.2, -0.15) is 15.0 Å². The molecule has 0 saturated heterocycles. The summed E-state index contributed by atoms with van der Waals surface area (Å²) in [6, 6.07) is 13.8. The third kappa shape index (κ3) is 3.85. The molecule has 0 spiro atoms. The van der Waals surface area contributed by atoms with E-state index in [9.17, 15) is 9.90 Å². The van der Waals surface area contributed by atoms with Gasteiger partial charge in [0.1, 0.15) is 11.0 Å². The molecule has 0 saturated carbocycles. The van der Waals surface area contributed by atoms with Crippen LogP contribution in [0.4, 0.5) is 0 Å². The average molecular weight is 339 g/mol. The van der Waals surface area contributed by atoms with E-state index in [4.69, 9.17) is 5.11 Å². The van der Waals surface area contributed by atoms with Crippen molar-refractivity contribution in [2.24, 2.45) is 0 Å². The molecule has 2 aromatic rings. The molecule has 2 N–H and O–H groups in total. The number of aromatic nitrogens is 3. The van der Waals surface area contributed by atoms with E-state index >= 15 is 0 Å². The minimum absolute atomic E-state index is 0.334. The highest BCUT2D eigenvalue weighted by molar-refractivity contribution is 5.85. The number of fused-ring (bicyclic) bond motifs is 2. The van der Waals surface area contributed by atoms with Crippen LogP contribution in [-0.4, -0.2) is 31.2 Å². The highest BCUT2D eigenvalue weighted by Crippen LogP contribution is 2.43. The van der Waals surface area contributed by atoms with Gasteiger partial charge in [0.25, 0.3) is 0 Å². The van der Waals surface area contributed by atoms with E-state index < -0.39 is 18.6 Å². The predicted octanol–water partition coefficient (Wildman–Crippen LogP) is 3.36. The highest BCUT2D eigenvalue weighted by Gasteiger charge is 2.25. The summed E-state index contributed by atoms with van der Waals surface area (Å²) in [6.07, 6.45) is -1.64. The predicted molar refractivity (Wildman–Crippen MR) is 95.2 cm³/mol. The van der Waals surface area contributed by atoms with Crippen molar-refractivity contribution in [3.8, 4) is 11.1 Å². The smallest absolute Gasteiger partial charge is 0.308 e. The quantitative estimate of drug-likeness (QED) is 0.597.